The van der Waals surface area contributed by atoms with Gasteiger partial charge in [0.05, 0.1) is 5.52 Å². The Hall–Kier alpha value is -1.98. The molecule has 1 aromatic heterocycles. The molecule has 2 aromatic rings. The molecular formula is C16H19N3O2. The fourth-order valence-corrected chi connectivity index (χ4v) is 2.91. The average molecular weight is 285 g/mol. The highest BCUT2D eigenvalue weighted by Crippen LogP contribution is 2.28. The maximum absolute atomic E-state index is 11.8. The molecule has 0 spiro atoms. The summed E-state index contributed by atoms with van der Waals surface area (Å²) in [6, 6.07) is 8.97. The van der Waals surface area contributed by atoms with Crippen LogP contribution in [0, 0.1) is 0 Å². The van der Waals surface area contributed by atoms with Crippen molar-refractivity contribution in [2.45, 2.75) is 6.04 Å². The van der Waals surface area contributed by atoms with Crippen LogP contribution in [0.2, 0.25) is 0 Å². The van der Waals surface area contributed by atoms with Gasteiger partial charge < -0.3 is 10.0 Å². The molecule has 0 aliphatic carbocycles. The third-order valence-corrected chi connectivity index (χ3v) is 4.10. The molecule has 0 radical (unpaired) electrons. The zero-order valence-corrected chi connectivity index (χ0v) is 12.1. The number of carboxylic acid groups (broad SMARTS) is 1. The molecule has 3 rings (SSSR count). The number of likely N-dealkylation sites (N-methyl/N-ethyl adjacent to an activating group) is 1. The minimum absolute atomic E-state index is 0.628. The van der Waals surface area contributed by atoms with Crippen molar-refractivity contribution in [2.24, 2.45) is 0 Å². The van der Waals surface area contributed by atoms with Gasteiger partial charge >= 0.3 is 5.97 Å². The predicted molar refractivity (Wildman–Crippen MR) is 81.2 cm³/mol. The Morgan fingerprint density at radius 2 is 1.90 bits per heavy atom. The highest BCUT2D eigenvalue weighted by Gasteiger charge is 2.31. The van der Waals surface area contributed by atoms with Crippen LogP contribution in [0.3, 0.4) is 0 Å². The van der Waals surface area contributed by atoms with Crippen molar-refractivity contribution in [3.63, 3.8) is 0 Å². The number of aliphatic carboxylic acids is 1. The lowest BCUT2D eigenvalue weighted by atomic mass is 10.0. The molecule has 2 heterocycles. The molecule has 1 atom stereocenters. The number of carboxylic acids is 1. The number of fused-ring (bicyclic) bond motifs is 1. The van der Waals surface area contributed by atoms with Gasteiger partial charge in [0.15, 0.2) is 0 Å². The maximum Gasteiger partial charge on any atom is 0.325 e. The zero-order valence-electron chi connectivity index (χ0n) is 12.1. The molecule has 1 unspecified atom stereocenters. The van der Waals surface area contributed by atoms with E-state index in [1.54, 1.807) is 6.20 Å². The molecule has 21 heavy (non-hydrogen) atoms. The fourth-order valence-electron chi connectivity index (χ4n) is 2.91. The van der Waals surface area contributed by atoms with Crippen LogP contribution in [-0.4, -0.2) is 59.1 Å². The van der Waals surface area contributed by atoms with E-state index < -0.39 is 12.0 Å². The number of carbonyl (C=O) groups is 1. The van der Waals surface area contributed by atoms with Crippen LogP contribution >= 0.6 is 0 Å². The maximum atomic E-state index is 11.8. The molecule has 5 nitrogen and oxygen atoms in total. The first-order valence-electron chi connectivity index (χ1n) is 7.16. The first-order chi connectivity index (χ1) is 10.2. The van der Waals surface area contributed by atoms with E-state index in [0.29, 0.717) is 0 Å². The average Bonchev–Trinajstić information content (AvgIpc) is 2.49. The smallest absolute Gasteiger partial charge is 0.325 e. The number of nitrogens with zero attached hydrogens (tertiary/aromatic N) is 3. The van der Waals surface area contributed by atoms with Crippen molar-refractivity contribution >= 4 is 16.9 Å². The Morgan fingerprint density at radius 1 is 1.19 bits per heavy atom. The van der Waals surface area contributed by atoms with Crippen LogP contribution in [0.4, 0.5) is 0 Å². The highest BCUT2D eigenvalue weighted by atomic mass is 16.4. The standard InChI is InChI=1S/C16H19N3O2/c1-18-8-10-19(11-9-18)15(16(20)21)13-6-2-4-12-5-3-7-17-14(12)13/h2-7,15H,8-11H2,1H3,(H,20,21). The molecule has 110 valence electrons. The number of piperazine rings is 1. The van der Waals surface area contributed by atoms with Gasteiger partial charge in [-0.1, -0.05) is 24.3 Å². The van der Waals surface area contributed by atoms with Gasteiger partial charge in [0.2, 0.25) is 0 Å². The van der Waals surface area contributed by atoms with Crippen molar-refractivity contribution in [3.05, 3.63) is 42.1 Å². The van der Waals surface area contributed by atoms with Gasteiger partial charge in [-0.3, -0.25) is 14.7 Å². The minimum Gasteiger partial charge on any atom is -0.480 e. The van der Waals surface area contributed by atoms with Crippen molar-refractivity contribution < 1.29 is 9.90 Å². The topological polar surface area (TPSA) is 56.7 Å². The lowest BCUT2D eigenvalue weighted by molar-refractivity contribution is -0.144. The summed E-state index contributed by atoms with van der Waals surface area (Å²) in [6.07, 6.45) is 1.72. The van der Waals surface area contributed by atoms with Crippen molar-refractivity contribution in [3.8, 4) is 0 Å². The number of aromatic nitrogens is 1. The van der Waals surface area contributed by atoms with Crippen molar-refractivity contribution in [2.75, 3.05) is 33.2 Å². The molecule has 5 heteroatoms. The molecule has 1 aliphatic heterocycles. The van der Waals surface area contributed by atoms with E-state index in [0.717, 1.165) is 42.6 Å². The predicted octanol–water partition coefficient (Wildman–Crippen LogP) is 1.61. The van der Waals surface area contributed by atoms with E-state index in [-0.39, 0.29) is 0 Å². The Kier molecular flexibility index (Phi) is 3.86. The number of para-hydroxylation sites is 1. The highest BCUT2D eigenvalue weighted by molar-refractivity contribution is 5.87. The molecular weight excluding hydrogens is 266 g/mol. The summed E-state index contributed by atoms with van der Waals surface area (Å²) in [5.74, 6) is -0.808. The molecule has 1 aliphatic rings. The summed E-state index contributed by atoms with van der Waals surface area (Å²) in [4.78, 5) is 20.5. The van der Waals surface area contributed by atoms with E-state index in [9.17, 15) is 9.90 Å². The summed E-state index contributed by atoms with van der Waals surface area (Å²) in [7, 11) is 2.06. The van der Waals surface area contributed by atoms with Gasteiger partial charge in [0, 0.05) is 43.3 Å². The van der Waals surface area contributed by atoms with Gasteiger partial charge in [-0.2, -0.15) is 0 Å². The van der Waals surface area contributed by atoms with Gasteiger partial charge in [-0.05, 0) is 13.1 Å². The normalized spacial score (nSPS) is 18.7. The van der Waals surface area contributed by atoms with Gasteiger partial charge in [-0.25, -0.2) is 0 Å². The van der Waals surface area contributed by atoms with Crippen molar-refractivity contribution in [1.29, 1.82) is 0 Å². The minimum atomic E-state index is -0.808. The van der Waals surface area contributed by atoms with Gasteiger partial charge in [-0.15, -0.1) is 0 Å². The van der Waals surface area contributed by atoms with Crippen LogP contribution in [-0.2, 0) is 4.79 Å². The summed E-state index contributed by atoms with van der Waals surface area (Å²) in [6.45, 7) is 3.30. The lowest BCUT2D eigenvalue weighted by Gasteiger charge is -2.36. The molecule has 0 bridgehead atoms. The molecule has 1 aromatic carbocycles. The van der Waals surface area contributed by atoms with Gasteiger partial charge in [0.1, 0.15) is 6.04 Å². The van der Waals surface area contributed by atoms with E-state index >= 15 is 0 Å². The molecule has 0 amide bonds. The Bertz CT molecular complexity index is 646. The summed E-state index contributed by atoms with van der Waals surface area (Å²) < 4.78 is 0. The first-order valence-corrected chi connectivity index (χ1v) is 7.16. The second kappa shape index (κ2) is 5.79. The summed E-state index contributed by atoms with van der Waals surface area (Å²) >= 11 is 0. The van der Waals surface area contributed by atoms with Crippen LogP contribution < -0.4 is 0 Å². The molecule has 0 saturated carbocycles. The van der Waals surface area contributed by atoms with Crippen LogP contribution in [0.25, 0.3) is 10.9 Å². The fraction of sp³-hybridized carbons (Fsp3) is 0.375. The quantitative estimate of drug-likeness (QED) is 0.928. The molecule has 1 N–H and O–H groups in total. The molecule has 1 fully saturated rings. The van der Waals surface area contributed by atoms with E-state index in [2.05, 4.69) is 16.9 Å². The van der Waals surface area contributed by atoms with Crippen LogP contribution in [0.15, 0.2) is 36.5 Å². The monoisotopic (exact) mass is 285 g/mol. The van der Waals surface area contributed by atoms with Gasteiger partial charge in [0.25, 0.3) is 0 Å². The number of benzene rings is 1. The first kappa shape index (κ1) is 14.0. The second-order valence-corrected chi connectivity index (χ2v) is 5.50. The summed E-state index contributed by atoms with van der Waals surface area (Å²) in [5, 5.41) is 10.7. The SMILES string of the molecule is CN1CCN(C(C(=O)O)c2cccc3cccnc23)CC1. The van der Waals surface area contributed by atoms with Crippen molar-refractivity contribution in [1.82, 2.24) is 14.8 Å². The second-order valence-electron chi connectivity index (χ2n) is 5.50. The third-order valence-electron chi connectivity index (χ3n) is 4.10. The summed E-state index contributed by atoms with van der Waals surface area (Å²) in [5.41, 5.74) is 1.57. The van der Waals surface area contributed by atoms with E-state index in [1.807, 2.05) is 35.2 Å². The van der Waals surface area contributed by atoms with Crippen LogP contribution in [0.1, 0.15) is 11.6 Å². The Labute approximate surface area is 123 Å². The molecule has 1 saturated heterocycles. The van der Waals surface area contributed by atoms with E-state index in [1.165, 1.54) is 0 Å². The Morgan fingerprint density at radius 3 is 2.62 bits per heavy atom. The van der Waals surface area contributed by atoms with E-state index in [4.69, 9.17) is 0 Å². The number of pyridine rings is 1. The number of rotatable bonds is 3. The zero-order chi connectivity index (χ0) is 14.8. The Balaban J connectivity index is 2.02. The lowest BCUT2D eigenvalue weighted by Crippen LogP contribution is -2.47. The largest absolute Gasteiger partial charge is 0.480 e. The van der Waals surface area contributed by atoms with Crippen LogP contribution in [0.5, 0.6) is 0 Å². The number of hydrogen-bond donors (Lipinski definition) is 1. The number of hydrogen-bond acceptors (Lipinski definition) is 4. The third kappa shape index (κ3) is 2.75.